The van der Waals surface area contributed by atoms with Gasteiger partial charge in [-0.05, 0) is 32.2 Å². The number of aromatic nitrogens is 3. The number of halogens is 3. The van der Waals surface area contributed by atoms with Crippen LogP contribution in [-0.4, -0.2) is 70.5 Å². The van der Waals surface area contributed by atoms with Crippen molar-refractivity contribution in [3.8, 4) is 28.5 Å². The summed E-state index contributed by atoms with van der Waals surface area (Å²) in [6.07, 6.45) is -2.48. The molecular weight excluding hydrogens is 447 g/mol. The Morgan fingerprint density at radius 3 is 2.35 bits per heavy atom. The zero-order valence-electron chi connectivity index (χ0n) is 19.0. The Labute approximate surface area is 195 Å². The Bertz CT molecular complexity index is 1120. The monoisotopic (exact) mass is 473 g/mol. The summed E-state index contributed by atoms with van der Waals surface area (Å²) in [5, 5.41) is 0. The van der Waals surface area contributed by atoms with Crippen LogP contribution in [0, 0.1) is 6.92 Å². The van der Waals surface area contributed by atoms with Crippen LogP contribution >= 0.6 is 0 Å². The maximum Gasteiger partial charge on any atom is 0.416 e. The molecule has 4 rings (SSSR count). The number of aromatic amines is 1. The van der Waals surface area contributed by atoms with E-state index in [1.165, 1.54) is 12.1 Å². The van der Waals surface area contributed by atoms with E-state index < -0.39 is 11.7 Å². The molecule has 0 radical (unpaired) electrons. The molecule has 1 aliphatic heterocycles. The van der Waals surface area contributed by atoms with Crippen molar-refractivity contribution in [2.75, 3.05) is 39.8 Å². The van der Waals surface area contributed by atoms with E-state index in [-0.39, 0.29) is 12.5 Å². The second-order valence-corrected chi connectivity index (χ2v) is 8.30. The van der Waals surface area contributed by atoms with Gasteiger partial charge in [-0.2, -0.15) is 13.2 Å². The normalized spacial score (nSPS) is 14.9. The predicted molar refractivity (Wildman–Crippen MR) is 121 cm³/mol. The largest absolute Gasteiger partial charge is 0.477 e. The quantitative estimate of drug-likeness (QED) is 0.586. The number of pyridine rings is 1. The molecule has 0 saturated carbocycles. The molecule has 0 atom stereocenters. The summed E-state index contributed by atoms with van der Waals surface area (Å²) in [5.41, 5.74) is 1.91. The number of benzene rings is 1. The van der Waals surface area contributed by atoms with Gasteiger partial charge in [-0.25, -0.2) is 9.97 Å². The van der Waals surface area contributed by atoms with Crippen molar-refractivity contribution in [3.05, 3.63) is 53.9 Å². The lowest BCUT2D eigenvalue weighted by molar-refractivity contribution is -0.137. The standard InChI is InChI=1S/C24H26F3N5O2/c1-16-22(17-3-6-19(7-4-17)24(25,26)27)30-23(29-16)18-5-8-20(28-15-18)34-14-9-21(33)32-12-10-31(2)11-13-32/h3-8,15H,9-14H2,1-2H3,(H,29,30). The lowest BCUT2D eigenvalue weighted by Gasteiger charge is -2.32. The number of carbonyl (C=O) groups excluding carboxylic acids is 1. The predicted octanol–water partition coefficient (Wildman–Crippen LogP) is 4.01. The van der Waals surface area contributed by atoms with Crippen molar-refractivity contribution in [1.82, 2.24) is 24.8 Å². The zero-order valence-corrected chi connectivity index (χ0v) is 19.0. The third kappa shape index (κ3) is 5.56. The topological polar surface area (TPSA) is 74.4 Å². The van der Waals surface area contributed by atoms with Gasteiger partial charge >= 0.3 is 6.18 Å². The fourth-order valence-electron chi connectivity index (χ4n) is 3.76. The summed E-state index contributed by atoms with van der Waals surface area (Å²) in [7, 11) is 2.04. The number of imidazole rings is 1. The van der Waals surface area contributed by atoms with E-state index in [0.717, 1.165) is 44.0 Å². The van der Waals surface area contributed by atoms with Crippen molar-refractivity contribution in [2.45, 2.75) is 19.5 Å². The van der Waals surface area contributed by atoms with Crippen molar-refractivity contribution < 1.29 is 22.7 Å². The van der Waals surface area contributed by atoms with Crippen molar-refractivity contribution >= 4 is 5.91 Å². The van der Waals surface area contributed by atoms with E-state index in [1.807, 2.05) is 18.9 Å². The number of nitrogens with one attached hydrogen (secondary N) is 1. The highest BCUT2D eigenvalue weighted by Crippen LogP contribution is 2.32. The summed E-state index contributed by atoms with van der Waals surface area (Å²) >= 11 is 0. The van der Waals surface area contributed by atoms with Crippen molar-refractivity contribution in [1.29, 1.82) is 0 Å². The molecule has 10 heteroatoms. The third-order valence-electron chi connectivity index (χ3n) is 5.80. The number of hydrogen-bond donors (Lipinski definition) is 1. The minimum Gasteiger partial charge on any atom is -0.477 e. The molecule has 3 heterocycles. The number of ether oxygens (including phenoxy) is 1. The number of aryl methyl sites for hydroxylation is 1. The van der Waals surface area contributed by atoms with Gasteiger partial charge in [0, 0.05) is 55.3 Å². The van der Waals surface area contributed by atoms with E-state index in [9.17, 15) is 18.0 Å². The number of likely N-dealkylation sites (N-methyl/N-ethyl adjacent to an activating group) is 1. The first-order valence-corrected chi connectivity index (χ1v) is 11.0. The second-order valence-electron chi connectivity index (χ2n) is 8.30. The van der Waals surface area contributed by atoms with Crippen LogP contribution < -0.4 is 4.74 Å². The number of hydrogen-bond acceptors (Lipinski definition) is 5. The SMILES string of the molecule is Cc1[nH]c(-c2ccc(OCCC(=O)N3CCN(C)CC3)nc2)nc1-c1ccc(C(F)(F)F)cc1. The fraction of sp³-hybridized carbons (Fsp3) is 0.375. The first-order chi connectivity index (χ1) is 16.2. The van der Waals surface area contributed by atoms with Gasteiger partial charge in [0.05, 0.1) is 24.3 Å². The Balaban J connectivity index is 1.35. The summed E-state index contributed by atoms with van der Waals surface area (Å²) in [4.78, 5) is 28.3. The van der Waals surface area contributed by atoms with Crippen LogP contribution in [0.3, 0.4) is 0 Å². The molecule has 1 N–H and O–H groups in total. The summed E-state index contributed by atoms with van der Waals surface area (Å²) in [5.74, 6) is 1.03. The van der Waals surface area contributed by atoms with Crippen LogP contribution in [0.2, 0.25) is 0 Å². The average Bonchev–Trinajstić information content (AvgIpc) is 3.21. The lowest BCUT2D eigenvalue weighted by atomic mass is 10.1. The highest BCUT2D eigenvalue weighted by molar-refractivity contribution is 5.76. The molecule has 1 fully saturated rings. The summed E-state index contributed by atoms with van der Waals surface area (Å²) in [6.45, 7) is 5.28. The van der Waals surface area contributed by atoms with E-state index in [1.54, 1.807) is 18.3 Å². The summed E-state index contributed by atoms with van der Waals surface area (Å²) < 4.78 is 44.1. The number of H-pyrrole nitrogens is 1. The Kier molecular flexibility index (Phi) is 6.87. The Morgan fingerprint density at radius 2 is 1.74 bits per heavy atom. The number of amides is 1. The maximum absolute atomic E-state index is 12.8. The zero-order chi connectivity index (χ0) is 24.3. The number of carbonyl (C=O) groups is 1. The van der Waals surface area contributed by atoms with E-state index in [2.05, 4.69) is 19.9 Å². The minimum absolute atomic E-state index is 0.0755. The van der Waals surface area contributed by atoms with E-state index >= 15 is 0 Å². The third-order valence-corrected chi connectivity index (χ3v) is 5.80. The first-order valence-electron chi connectivity index (χ1n) is 11.0. The smallest absolute Gasteiger partial charge is 0.416 e. The molecule has 0 bridgehead atoms. The first kappa shape index (κ1) is 23.7. The Morgan fingerprint density at radius 1 is 1.06 bits per heavy atom. The van der Waals surface area contributed by atoms with E-state index in [0.29, 0.717) is 34.9 Å². The van der Waals surface area contributed by atoms with Crippen molar-refractivity contribution in [2.24, 2.45) is 0 Å². The van der Waals surface area contributed by atoms with Crippen molar-refractivity contribution in [3.63, 3.8) is 0 Å². The molecular formula is C24H26F3N5O2. The number of alkyl halides is 3. The van der Waals surface area contributed by atoms with E-state index in [4.69, 9.17) is 4.74 Å². The highest BCUT2D eigenvalue weighted by atomic mass is 19.4. The molecule has 1 amide bonds. The molecule has 3 aromatic rings. The molecule has 0 spiro atoms. The maximum atomic E-state index is 12.8. The van der Waals surface area contributed by atoms with Gasteiger partial charge in [0.2, 0.25) is 11.8 Å². The van der Waals surface area contributed by atoms with Gasteiger partial charge in [0.25, 0.3) is 0 Å². The van der Waals surface area contributed by atoms with Crippen LogP contribution in [0.5, 0.6) is 5.88 Å². The molecule has 1 saturated heterocycles. The molecule has 1 aromatic carbocycles. The number of rotatable bonds is 6. The van der Waals surface area contributed by atoms with Gasteiger partial charge in [0.1, 0.15) is 5.82 Å². The van der Waals surface area contributed by atoms with Crippen LogP contribution in [0.25, 0.3) is 22.6 Å². The fourth-order valence-corrected chi connectivity index (χ4v) is 3.76. The van der Waals surface area contributed by atoms with Crippen LogP contribution in [0.1, 0.15) is 17.7 Å². The average molecular weight is 473 g/mol. The molecule has 2 aromatic heterocycles. The van der Waals surface area contributed by atoms with Crippen LogP contribution in [0.4, 0.5) is 13.2 Å². The molecule has 7 nitrogen and oxygen atoms in total. The van der Waals surface area contributed by atoms with Gasteiger partial charge < -0.3 is 19.5 Å². The summed E-state index contributed by atoms with van der Waals surface area (Å²) in [6, 6.07) is 8.41. The molecule has 1 aliphatic rings. The molecule has 180 valence electrons. The lowest BCUT2D eigenvalue weighted by Crippen LogP contribution is -2.47. The number of piperazine rings is 1. The molecule has 0 unspecified atom stereocenters. The van der Waals surface area contributed by atoms with Gasteiger partial charge in [-0.1, -0.05) is 12.1 Å². The highest BCUT2D eigenvalue weighted by Gasteiger charge is 2.30. The number of nitrogens with zero attached hydrogens (tertiary/aromatic N) is 4. The van der Waals surface area contributed by atoms with Gasteiger partial charge in [-0.3, -0.25) is 4.79 Å². The van der Waals surface area contributed by atoms with Gasteiger partial charge in [-0.15, -0.1) is 0 Å². The van der Waals surface area contributed by atoms with Crippen LogP contribution in [0.15, 0.2) is 42.6 Å². The van der Waals surface area contributed by atoms with Gasteiger partial charge in [0.15, 0.2) is 0 Å². The molecule has 34 heavy (non-hydrogen) atoms. The Hall–Kier alpha value is -3.40. The second kappa shape index (κ2) is 9.84. The molecule has 0 aliphatic carbocycles. The minimum atomic E-state index is -4.38. The van der Waals surface area contributed by atoms with Crippen LogP contribution in [-0.2, 0) is 11.0 Å².